The number of ether oxygens (including phenoxy) is 1. The quantitative estimate of drug-likeness (QED) is 0.684. The van der Waals surface area contributed by atoms with Crippen LogP contribution in [0.1, 0.15) is 30.5 Å². The van der Waals surface area contributed by atoms with Crippen molar-refractivity contribution in [1.82, 2.24) is 14.8 Å². The van der Waals surface area contributed by atoms with Crippen LogP contribution in [0, 0.1) is 11.8 Å². The molecule has 4 rings (SSSR count). The minimum atomic E-state index is 0.0892. The second-order valence-corrected chi connectivity index (χ2v) is 8.32. The third kappa shape index (κ3) is 5.08. The van der Waals surface area contributed by atoms with E-state index in [-0.39, 0.29) is 5.92 Å². The van der Waals surface area contributed by atoms with E-state index in [0.29, 0.717) is 24.9 Å². The van der Waals surface area contributed by atoms with Gasteiger partial charge >= 0.3 is 0 Å². The van der Waals surface area contributed by atoms with E-state index in [1.165, 1.54) is 0 Å². The number of carbonyl (C=O) groups excluding carboxylic acids is 1. The second kappa shape index (κ2) is 9.90. The molecule has 2 aromatic rings. The Morgan fingerprint density at radius 1 is 1.07 bits per heavy atom. The van der Waals surface area contributed by atoms with Crippen molar-refractivity contribution in [3.05, 3.63) is 72.1 Å². The van der Waals surface area contributed by atoms with E-state index in [9.17, 15) is 4.79 Å². The molecule has 2 aliphatic heterocycles. The Labute approximate surface area is 179 Å². The lowest BCUT2D eigenvalue weighted by molar-refractivity contribution is -0.137. The Bertz CT molecular complexity index is 860. The highest BCUT2D eigenvalue weighted by atomic mass is 16.5. The minimum Gasteiger partial charge on any atom is -0.497 e. The number of piperidine rings is 1. The molecular weight excluding hydrogens is 374 g/mol. The maximum absolute atomic E-state index is 13.4. The summed E-state index contributed by atoms with van der Waals surface area (Å²) >= 11 is 0. The summed E-state index contributed by atoms with van der Waals surface area (Å²) in [4.78, 5) is 22.3. The van der Waals surface area contributed by atoms with Gasteiger partial charge in [0, 0.05) is 31.7 Å². The van der Waals surface area contributed by atoms with Crippen molar-refractivity contribution in [3.8, 4) is 5.75 Å². The summed E-state index contributed by atoms with van der Waals surface area (Å²) in [5, 5.41) is 0. The van der Waals surface area contributed by atoms with Crippen molar-refractivity contribution in [2.75, 3.05) is 26.7 Å². The molecule has 0 saturated carbocycles. The Kier molecular flexibility index (Phi) is 6.80. The molecule has 0 spiro atoms. The van der Waals surface area contributed by atoms with E-state index < -0.39 is 0 Å². The lowest BCUT2D eigenvalue weighted by atomic mass is 9.81. The Balaban J connectivity index is 1.36. The molecular formula is C25H31N3O2. The standard InChI is InChI=1S/C25H31N3O2/c1-30-23-9-6-7-20(17-23)18-28-14-5-3-10-24(25(28)29)21-11-15-27(16-12-21)19-22-8-2-4-13-26-22/h2-9,13,17,21,24H,10-12,14-16,18-19H2,1H3/t24-/m1/s1. The van der Waals surface area contributed by atoms with Gasteiger partial charge in [0.15, 0.2) is 0 Å². The lowest BCUT2D eigenvalue weighted by Crippen LogP contribution is -2.42. The van der Waals surface area contributed by atoms with Crippen molar-refractivity contribution < 1.29 is 9.53 Å². The number of nitrogens with zero attached hydrogens (tertiary/aromatic N) is 3. The average molecular weight is 406 g/mol. The number of amides is 1. The van der Waals surface area contributed by atoms with E-state index >= 15 is 0 Å². The molecule has 5 nitrogen and oxygen atoms in total. The summed E-state index contributed by atoms with van der Waals surface area (Å²) in [5.74, 6) is 1.67. The van der Waals surface area contributed by atoms with Gasteiger partial charge in [-0.1, -0.05) is 30.4 Å². The number of hydrogen-bond acceptors (Lipinski definition) is 4. The molecule has 1 amide bonds. The number of methoxy groups -OCH3 is 1. The van der Waals surface area contributed by atoms with Crippen LogP contribution in [-0.2, 0) is 17.9 Å². The van der Waals surface area contributed by atoms with Crippen molar-refractivity contribution in [2.45, 2.75) is 32.4 Å². The number of allylic oxidation sites excluding steroid dienone is 1. The molecule has 158 valence electrons. The zero-order chi connectivity index (χ0) is 20.8. The smallest absolute Gasteiger partial charge is 0.226 e. The van der Waals surface area contributed by atoms with Crippen LogP contribution in [0.15, 0.2) is 60.8 Å². The molecule has 0 unspecified atom stereocenters. The first-order valence-electron chi connectivity index (χ1n) is 10.9. The van der Waals surface area contributed by atoms with Gasteiger partial charge in [-0.05, 0) is 68.1 Å². The van der Waals surface area contributed by atoms with Gasteiger partial charge in [-0.25, -0.2) is 0 Å². The van der Waals surface area contributed by atoms with E-state index in [1.807, 2.05) is 41.4 Å². The van der Waals surface area contributed by atoms with Crippen LogP contribution in [0.25, 0.3) is 0 Å². The Morgan fingerprint density at radius 3 is 2.70 bits per heavy atom. The fraction of sp³-hybridized carbons (Fsp3) is 0.440. The van der Waals surface area contributed by atoms with Crippen LogP contribution in [0.3, 0.4) is 0 Å². The van der Waals surface area contributed by atoms with Crippen LogP contribution in [0.2, 0.25) is 0 Å². The maximum atomic E-state index is 13.4. The molecule has 1 atom stereocenters. The number of aromatic nitrogens is 1. The molecule has 1 saturated heterocycles. The monoisotopic (exact) mass is 405 g/mol. The van der Waals surface area contributed by atoms with Crippen LogP contribution in [-0.4, -0.2) is 47.4 Å². The Morgan fingerprint density at radius 2 is 1.93 bits per heavy atom. The molecule has 1 aromatic carbocycles. The summed E-state index contributed by atoms with van der Waals surface area (Å²) < 4.78 is 5.34. The Hall–Kier alpha value is -2.66. The summed E-state index contributed by atoms with van der Waals surface area (Å²) in [7, 11) is 1.68. The number of rotatable bonds is 6. The molecule has 0 bridgehead atoms. The van der Waals surface area contributed by atoms with E-state index in [1.54, 1.807) is 7.11 Å². The normalized spacial score (nSPS) is 20.9. The second-order valence-electron chi connectivity index (χ2n) is 8.32. The number of pyridine rings is 1. The first kappa shape index (κ1) is 20.6. The zero-order valence-electron chi connectivity index (χ0n) is 17.7. The van der Waals surface area contributed by atoms with Gasteiger partial charge in [-0.3, -0.25) is 14.7 Å². The van der Waals surface area contributed by atoms with Crippen LogP contribution >= 0.6 is 0 Å². The van der Waals surface area contributed by atoms with E-state index in [4.69, 9.17) is 4.74 Å². The van der Waals surface area contributed by atoms with Gasteiger partial charge in [0.2, 0.25) is 5.91 Å². The predicted octanol–water partition coefficient (Wildman–Crippen LogP) is 3.91. The molecule has 0 aliphatic carbocycles. The first-order chi connectivity index (χ1) is 14.7. The fourth-order valence-corrected chi connectivity index (χ4v) is 4.63. The van der Waals surface area contributed by atoms with E-state index in [0.717, 1.165) is 55.9 Å². The summed E-state index contributed by atoms with van der Waals surface area (Å²) in [6.45, 7) is 4.28. The van der Waals surface area contributed by atoms with Crippen LogP contribution in [0.4, 0.5) is 0 Å². The van der Waals surface area contributed by atoms with Crippen LogP contribution in [0.5, 0.6) is 5.75 Å². The highest BCUT2D eigenvalue weighted by Gasteiger charge is 2.34. The first-order valence-corrected chi connectivity index (χ1v) is 10.9. The number of carbonyl (C=O) groups is 1. The average Bonchev–Trinajstić information content (AvgIpc) is 2.97. The van der Waals surface area contributed by atoms with Gasteiger partial charge in [0.25, 0.3) is 0 Å². The van der Waals surface area contributed by atoms with Crippen molar-refractivity contribution >= 4 is 5.91 Å². The molecule has 0 N–H and O–H groups in total. The summed E-state index contributed by atoms with van der Waals surface area (Å²) in [6.07, 6.45) is 9.21. The molecule has 3 heterocycles. The van der Waals surface area contributed by atoms with Crippen molar-refractivity contribution in [2.24, 2.45) is 11.8 Å². The summed E-state index contributed by atoms with van der Waals surface area (Å²) in [6, 6.07) is 14.1. The third-order valence-corrected chi connectivity index (χ3v) is 6.33. The molecule has 5 heteroatoms. The van der Waals surface area contributed by atoms with Gasteiger partial charge in [-0.15, -0.1) is 0 Å². The molecule has 1 fully saturated rings. The number of hydrogen-bond donors (Lipinski definition) is 0. The maximum Gasteiger partial charge on any atom is 0.226 e. The minimum absolute atomic E-state index is 0.0892. The van der Waals surface area contributed by atoms with E-state index in [2.05, 4.69) is 34.2 Å². The number of benzene rings is 1. The highest BCUT2D eigenvalue weighted by Crippen LogP contribution is 2.31. The lowest BCUT2D eigenvalue weighted by Gasteiger charge is -2.36. The highest BCUT2D eigenvalue weighted by molar-refractivity contribution is 5.80. The zero-order valence-corrected chi connectivity index (χ0v) is 17.7. The van der Waals surface area contributed by atoms with Crippen molar-refractivity contribution in [1.29, 1.82) is 0 Å². The molecule has 30 heavy (non-hydrogen) atoms. The summed E-state index contributed by atoms with van der Waals surface area (Å²) in [5.41, 5.74) is 2.23. The van der Waals surface area contributed by atoms with Gasteiger partial charge in [0.05, 0.1) is 12.8 Å². The number of likely N-dealkylation sites (tertiary alicyclic amines) is 1. The molecule has 1 aromatic heterocycles. The molecule has 0 radical (unpaired) electrons. The van der Waals surface area contributed by atoms with Crippen LogP contribution < -0.4 is 4.74 Å². The van der Waals surface area contributed by atoms with Gasteiger partial charge in [-0.2, -0.15) is 0 Å². The third-order valence-electron chi connectivity index (χ3n) is 6.33. The largest absolute Gasteiger partial charge is 0.497 e. The van der Waals surface area contributed by atoms with Gasteiger partial charge < -0.3 is 9.64 Å². The topological polar surface area (TPSA) is 45.7 Å². The predicted molar refractivity (Wildman–Crippen MR) is 118 cm³/mol. The molecule has 2 aliphatic rings. The fourth-order valence-electron chi connectivity index (χ4n) is 4.63. The SMILES string of the molecule is COc1cccc(CN2CC=CC[C@H](C3CCN(Cc4ccccn4)CC3)C2=O)c1. The van der Waals surface area contributed by atoms with Crippen molar-refractivity contribution in [3.63, 3.8) is 0 Å². The van der Waals surface area contributed by atoms with Gasteiger partial charge in [0.1, 0.15) is 5.75 Å².